The Balaban J connectivity index is 1.87. The second kappa shape index (κ2) is 6.15. The molecule has 116 valence electrons. The van der Waals surface area contributed by atoms with Gasteiger partial charge in [0.25, 0.3) is 0 Å². The first-order valence-corrected chi connectivity index (χ1v) is 8.31. The first-order chi connectivity index (χ1) is 10.2. The smallest absolute Gasteiger partial charge is 0.125 e. The van der Waals surface area contributed by atoms with Crippen molar-refractivity contribution in [2.24, 2.45) is 0 Å². The van der Waals surface area contributed by atoms with Gasteiger partial charge in [0.15, 0.2) is 0 Å². The zero-order chi connectivity index (χ0) is 14.9. The largest absolute Gasteiger partial charge is 0.487 e. The Kier molecular flexibility index (Phi) is 4.43. The van der Waals surface area contributed by atoms with E-state index >= 15 is 0 Å². The van der Waals surface area contributed by atoms with Crippen molar-refractivity contribution in [2.75, 3.05) is 13.7 Å². The summed E-state index contributed by atoms with van der Waals surface area (Å²) < 4.78 is 12.3. The number of nitrogens with one attached hydrogen (secondary N) is 1. The third kappa shape index (κ3) is 3.05. The molecule has 0 amide bonds. The summed E-state index contributed by atoms with van der Waals surface area (Å²) in [5.41, 5.74) is 1.08. The van der Waals surface area contributed by atoms with Crippen LogP contribution in [0.15, 0.2) is 18.2 Å². The molecule has 3 unspecified atom stereocenters. The Hall–Kier alpha value is -0.770. The molecule has 1 N–H and O–H groups in total. The molecule has 1 aromatic carbocycles. The van der Waals surface area contributed by atoms with Crippen LogP contribution in [-0.2, 0) is 4.74 Å². The lowest BCUT2D eigenvalue weighted by Gasteiger charge is -2.46. The molecule has 4 heteroatoms. The SMILES string of the molecule is CCCC1CC2(CCO1)CC(NC)c1cc(Cl)ccc1O2. The van der Waals surface area contributed by atoms with Crippen LogP contribution in [0.2, 0.25) is 5.02 Å². The molecule has 3 atom stereocenters. The number of hydrogen-bond acceptors (Lipinski definition) is 3. The number of benzene rings is 1. The van der Waals surface area contributed by atoms with Crippen molar-refractivity contribution in [2.45, 2.75) is 56.8 Å². The van der Waals surface area contributed by atoms with Gasteiger partial charge in [-0.3, -0.25) is 0 Å². The van der Waals surface area contributed by atoms with Gasteiger partial charge in [-0.15, -0.1) is 0 Å². The highest BCUT2D eigenvalue weighted by molar-refractivity contribution is 6.30. The summed E-state index contributed by atoms with van der Waals surface area (Å²) >= 11 is 6.14. The van der Waals surface area contributed by atoms with Gasteiger partial charge in [0.1, 0.15) is 11.4 Å². The predicted molar refractivity (Wildman–Crippen MR) is 85.1 cm³/mol. The van der Waals surface area contributed by atoms with Crippen molar-refractivity contribution >= 4 is 11.6 Å². The number of halogens is 1. The molecule has 0 radical (unpaired) electrons. The molecule has 1 fully saturated rings. The highest BCUT2D eigenvalue weighted by atomic mass is 35.5. The summed E-state index contributed by atoms with van der Waals surface area (Å²) in [5.74, 6) is 0.974. The quantitative estimate of drug-likeness (QED) is 0.912. The molecular formula is C17H24ClNO2. The van der Waals surface area contributed by atoms with Crippen molar-refractivity contribution in [3.05, 3.63) is 28.8 Å². The van der Waals surface area contributed by atoms with Gasteiger partial charge in [-0.05, 0) is 31.7 Å². The van der Waals surface area contributed by atoms with E-state index in [0.717, 1.165) is 49.5 Å². The van der Waals surface area contributed by atoms with Crippen LogP contribution >= 0.6 is 11.6 Å². The van der Waals surface area contributed by atoms with Crippen LogP contribution in [0.1, 0.15) is 50.6 Å². The summed E-state index contributed by atoms with van der Waals surface area (Å²) in [6, 6.07) is 6.24. The molecule has 3 nitrogen and oxygen atoms in total. The first kappa shape index (κ1) is 15.1. The van der Waals surface area contributed by atoms with Gasteiger partial charge in [0, 0.05) is 35.9 Å². The van der Waals surface area contributed by atoms with Crippen LogP contribution in [-0.4, -0.2) is 25.4 Å². The molecule has 2 aliphatic heterocycles. The lowest BCUT2D eigenvalue weighted by atomic mass is 9.79. The van der Waals surface area contributed by atoms with E-state index in [-0.39, 0.29) is 5.60 Å². The average Bonchev–Trinajstić information content (AvgIpc) is 2.47. The maximum Gasteiger partial charge on any atom is 0.125 e. The third-order valence-electron chi connectivity index (χ3n) is 4.72. The molecule has 2 heterocycles. The van der Waals surface area contributed by atoms with Gasteiger partial charge in [-0.1, -0.05) is 24.9 Å². The molecule has 0 saturated carbocycles. The average molecular weight is 310 g/mol. The molecule has 21 heavy (non-hydrogen) atoms. The van der Waals surface area contributed by atoms with Crippen LogP contribution in [0, 0.1) is 0 Å². The Bertz CT molecular complexity index is 506. The van der Waals surface area contributed by atoms with E-state index in [1.54, 1.807) is 0 Å². The second-order valence-corrected chi connectivity index (χ2v) is 6.68. The Morgan fingerprint density at radius 2 is 2.24 bits per heavy atom. The molecule has 1 saturated heterocycles. The minimum Gasteiger partial charge on any atom is -0.487 e. The molecule has 0 aliphatic carbocycles. The normalized spacial score (nSPS) is 31.8. The Morgan fingerprint density at radius 3 is 3.00 bits per heavy atom. The van der Waals surface area contributed by atoms with Crippen molar-refractivity contribution in [1.29, 1.82) is 0 Å². The molecule has 0 aromatic heterocycles. The van der Waals surface area contributed by atoms with Gasteiger partial charge in [0.05, 0.1) is 12.7 Å². The van der Waals surface area contributed by atoms with E-state index in [2.05, 4.69) is 12.2 Å². The summed E-state index contributed by atoms with van der Waals surface area (Å²) in [4.78, 5) is 0. The van der Waals surface area contributed by atoms with E-state index < -0.39 is 0 Å². The molecular weight excluding hydrogens is 286 g/mol. The van der Waals surface area contributed by atoms with Gasteiger partial charge in [-0.2, -0.15) is 0 Å². The van der Waals surface area contributed by atoms with Crippen LogP contribution in [0.25, 0.3) is 0 Å². The summed E-state index contributed by atoms with van der Waals surface area (Å²) in [6.45, 7) is 3.00. The van der Waals surface area contributed by atoms with Gasteiger partial charge in [0.2, 0.25) is 0 Å². The molecule has 3 rings (SSSR count). The summed E-state index contributed by atoms with van der Waals surface area (Å²) in [5, 5.41) is 4.19. The van der Waals surface area contributed by atoms with E-state index in [0.29, 0.717) is 12.1 Å². The zero-order valence-electron chi connectivity index (χ0n) is 12.8. The summed E-state index contributed by atoms with van der Waals surface area (Å²) in [6.07, 6.45) is 5.54. The molecule has 0 bridgehead atoms. The highest BCUT2D eigenvalue weighted by Crippen LogP contribution is 2.46. The monoisotopic (exact) mass is 309 g/mol. The van der Waals surface area contributed by atoms with Gasteiger partial charge >= 0.3 is 0 Å². The minimum absolute atomic E-state index is 0.0907. The topological polar surface area (TPSA) is 30.5 Å². The standard InChI is InChI=1S/C17H24ClNO2/c1-3-4-13-10-17(7-8-20-13)11-15(19-2)14-9-12(18)5-6-16(14)21-17/h5-6,9,13,15,19H,3-4,7-8,10-11H2,1-2H3. The van der Waals surface area contributed by atoms with E-state index in [9.17, 15) is 0 Å². The number of ether oxygens (including phenoxy) is 2. The maximum atomic E-state index is 6.45. The van der Waals surface area contributed by atoms with Crippen LogP contribution in [0.5, 0.6) is 5.75 Å². The van der Waals surface area contributed by atoms with Crippen molar-refractivity contribution < 1.29 is 9.47 Å². The van der Waals surface area contributed by atoms with Crippen molar-refractivity contribution in [3.8, 4) is 5.75 Å². The van der Waals surface area contributed by atoms with Crippen LogP contribution in [0.4, 0.5) is 0 Å². The number of fused-ring (bicyclic) bond motifs is 1. The van der Waals surface area contributed by atoms with Crippen molar-refractivity contribution in [1.82, 2.24) is 5.32 Å². The highest BCUT2D eigenvalue weighted by Gasteiger charge is 2.44. The van der Waals surface area contributed by atoms with E-state index in [1.165, 1.54) is 5.56 Å². The lowest BCUT2D eigenvalue weighted by molar-refractivity contribution is -0.105. The number of hydrogen-bond donors (Lipinski definition) is 1. The third-order valence-corrected chi connectivity index (χ3v) is 4.95. The summed E-state index contributed by atoms with van der Waals surface area (Å²) in [7, 11) is 2.01. The first-order valence-electron chi connectivity index (χ1n) is 7.93. The fraction of sp³-hybridized carbons (Fsp3) is 0.647. The van der Waals surface area contributed by atoms with Crippen molar-refractivity contribution in [3.63, 3.8) is 0 Å². The maximum absolute atomic E-state index is 6.45. The Morgan fingerprint density at radius 1 is 1.38 bits per heavy atom. The number of rotatable bonds is 3. The fourth-order valence-corrected chi connectivity index (χ4v) is 3.85. The van der Waals surface area contributed by atoms with Gasteiger partial charge < -0.3 is 14.8 Å². The van der Waals surface area contributed by atoms with Crippen LogP contribution < -0.4 is 10.1 Å². The van der Waals surface area contributed by atoms with Crippen LogP contribution in [0.3, 0.4) is 0 Å². The zero-order valence-corrected chi connectivity index (χ0v) is 13.6. The van der Waals surface area contributed by atoms with Gasteiger partial charge in [-0.25, -0.2) is 0 Å². The Labute approximate surface area is 132 Å². The second-order valence-electron chi connectivity index (χ2n) is 6.25. The molecule has 2 aliphatic rings. The molecule has 1 aromatic rings. The molecule has 1 spiro atoms. The lowest BCUT2D eigenvalue weighted by Crippen LogP contribution is -2.50. The predicted octanol–water partition coefficient (Wildman–Crippen LogP) is 4.10. The van der Waals surface area contributed by atoms with E-state index in [1.807, 2.05) is 25.2 Å². The van der Waals surface area contributed by atoms with E-state index in [4.69, 9.17) is 21.1 Å². The minimum atomic E-state index is -0.0907. The fourth-order valence-electron chi connectivity index (χ4n) is 3.67.